The lowest BCUT2D eigenvalue weighted by Crippen LogP contribution is -2.43. The Morgan fingerprint density at radius 1 is 1.46 bits per heavy atom. The molecular weight excluding hydrogens is 322 g/mol. The Morgan fingerprint density at radius 3 is 3.17 bits per heavy atom. The molecule has 0 radical (unpaired) electrons. The molecule has 0 bridgehead atoms. The van der Waals surface area contributed by atoms with Crippen LogP contribution in [0.1, 0.15) is 47.4 Å². The largest absolute Gasteiger partial charge is 0.370 e. The highest BCUT2D eigenvalue weighted by Gasteiger charge is 2.26. The van der Waals surface area contributed by atoms with E-state index in [0.29, 0.717) is 18.8 Å². The van der Waals surface area contributed by atoms with Crippen LogP contribution in [-0.2, 0) is 17.8 Å². The quantitative estimate of drug-likeness (QED) is 0.806. The zero-order valence-corrected chi connectivity index (χ0v) is 14.8. The van der Waals surface area contributed by atoms with Gasteiger partial charge in [-0.3, -0.25) is 9.78 Å². The maximum Gasteiger partial charge on any atom is 0.273 e. The van der Waals surface area contributed by atoms with Crippen molar-refractivity contribution in [3.63, 3.8) is 0 Å². The van der Waals surface area contributed by atoms with E-state index in [-0.39, 0.29) is 12.0 Å². The molecule has 2 aromatic heterocycles. The summed E-state index contributed by atoms with van der Waals surface area (Å²) in [5, 5.41) is 2.92. The highest BCUT2D eigenvalue weighted by molar-refractivity contribution is 7.09. The number of likely N-dealkylation sites (tertiary alicyclic amines) is 1. The van der Waals surface area contributed by atoms with E-state index in [0.717, 1.165) is 42.9 Å². The van der Waals surface area contributed by atoms with E-state index in [1.807, 2.05) is 28.5 Å². The standard InChI is InChI=1S/C18H23N3O2S/c1-2-6-17-20-16(13-24-17)18(22)21-10-5-8-15(11-21)23-12-14-7-3-4-9-19-14/h3-4,7,9,13,15H,2,5-6,8,10-12H2,1H3/t15-/m0/s1. The highest BCUT2D eigenvalue weighted by atomic mass is 32.1. The van der Waals surface area contributed by atoms with Crippen molar-refractivity contribution in [1.29, 1.82) is 0 Å². The molecule has 1 fully saturated rings. The fourth-order valence-electron chi connectivity index (χ4n) is 2.85. The fraction of sp³-hybridized carbons (Fsp3) is 0.500. The van der Waals surface area contributed by atoms with E-state index in [1.165, 1.54) is 0 Å². The molecular formula is C18H23N3O2S. The first kappa shape index (κ1) is 17.0. The molecule has 0 unspecified atom stereocenters. The van der Waals surface area contributed by atoms with Gasteiger partial charge in [0, 0.05) is 24.7 Å². The van der Waals surface area contributed by atoms with E-state index in [9.17, 15) is 4.79 Å². The number of thiazole rings is 1. The van der Waals surface area contributed by atoms with Crippen molar-refractivity contribution in [3.8, 4) is 0 Å². The summed E-state index contributed by atoms with van der Waals surface area (Å²) in [5.41, 5.74) is 1.50. The number of hydrogen-bond donors (Lipinski definition) is 0. The van der Waals surface area contributed by atoms with Crippen LogP contribution in [0.15, 0.2) is 29.8 Å². The number of carbonyl (C=O) groups is 1. The Morgan fingerprint density at radius 2 is 2.38 bits per heavy atom. The number of pyridine rings is 1. The first-order chi connectivity index (χ1) is 11.8. The number of aryl methyl sites for hydroxylation is 1. The number of rotatable bonds is 6. The van der Waals surface area contributed by atoms with Gasteiger partial charge in [-0.1, -0.05) is 13.0 Å². The number of nitrogens with zero attached hydrogens (tertiary/aromatic N) is 3. The molecule has 0 aromatic carbocycles. The van der Waals surface area contributed by atoms with Crippen molar-refractivity contribution in [3.05, 3.63) is 46.2 Å². The lowest BCUT2D eigenvalue weighted by atomic mass is 10.1. The SMILES string of the molecule is CCCc1nc(C(=O)N2CCC[C@H](OCc3ccccn3)C2)cs1. The van der Waals surface area contributed by atoms with Crippen LogP contribution in [0.2, 0.25) is 0 Å². The Balaban J connectivity index is 1.55. The van der Waals surface area contributed by atoms with Gasteiger partial charge in [-0.05, 0) is 37.8 Å². The Bertz CT molecular complexity index is 659. The van der Waals surface area contributed by atoms with E-state index in [2.05, 4.69) is 16.9 Å². The van der Waals surface area contributed by atoms with Crippen LogP contribution in [0.25, 0.3) is 0 Å². The number of piperidine rings is 1. The van der Waals surface area contributed by atoms with Crippen molar-refractivity contribution >= 4 is 17.2 Å². The smallest absolute Gasteiger partial charge is 0.273 e. The van der Waals surface area contributed by atoms with Gasteiger partial charge in [-0.2, -0.15) is 0 Å². The molecule has 24 heavy (non-hydrogen) atoms. The fourth-order valence-corrected chi connectivity index (χ4v) is 3.72. The van der Waals surface area contributed by atoms with Crippen molar-refractivity contribution in [1.82, 2.24) is 14.9 Å². The summed E-state index contributed by atoms with van der Waals surface area (Å²) in [6.45, 7) is 4.02. The van der Waals surface area contributed by atoms with Crippen molar-refractivity contribution in [2.75, 3.05) is 13.1 Å². The monoisotopic (exact) mass is 345 g/mol. The number of hydrogen-bond acceptors (Lipinski definition) is 5. The van der Waals surface area contributed by atoms with Gasteiger partial charge in [0.15, 0.2) is 0 Å². The molecule has 1 saturated heterocycles. The molecule has 0 N–H and O–H groups in total. The van der Waals surface area contributed by atoms with Crippen molar-refractivity contribution < 1.29 is 9.53 Å². The van der Waals surface area contributed by atoms with Gasteiger partial charge in [-0.25, -0.2) is 4.98 Å². The van der Waals surface area contributed by atoms with Crippen LogP contribution in [0.5, 0.6) is 0 Å². The number of ether oxygens (including phenoxy) is 1. The minimum atomic E-state index is 0.0275. The summed E-state index contributed by atoms with van der Waals surface area (Å²) >= 11 is 1.58. The molecule has 0 spiro atoms. The topological polar surface area (TPSA) is 55.3 Å². The third-order valence-electron chi connectivity index (χ3n) is 4.09. The lowest BCUT2D eigenvalue weighted by Gasteiger charge is -2.32. The average molecular weight is 345 g/mol. The average Bonchev–Trinajstić information content (AvgIpc) is 3.09. The van der Waals surface area contributed by atoms with Gasteiger partial charge in [0.1, 0.15) is 5.69 Å². The molecule has 0 saturated carbocycles. The van der Waals surface area contributed by atoms with E-state index in [1.54, 1.807) is 17.5 Å². The van der Waals surface area contributed by atoms with Gasteiger partial charge in [0.05, 0.1) is 23.4 Å². The molecule has 0 aliphatic carbocycles. The predicted molar refractivity (Wildman–Crippen MR) is 94.1 cm³/mol. The second-order valence-electron chi connectivity index (χ2n) is 6.02. The lowest BCUT2D eigenvalue weighted by molar-refractivity contribution is -0.00799. The molecule has 5 nitrogen and oxygen atoms in total. The summed E-state index contributed by atoms with van der Waals surface area (Å²) < 4.78 is 5.95. The van der Waals surface area contributed by atoms with Gasteiger partial charge < -0.3 is 9.64 Å². The van der Waals surface area contributed by atoms with Crippen LogP contribution in [-0.4, -0.2) is 40.0 Å². The maximum atomic E-state index is 12.6. The Labute approximate surface area is 146 Å². The minimum absolute atomic E-state index is 0.0275. The van der Waals surface area contributed by atoms with Crippen molar-refractivity contribution in [2.24, 2.45) is 0 Å². The molecule has 1 aliphatic heterocycles. The van der Waals surface area contributed by atoms with E-state index in [4.69, 9.17) is 4.74 Å². The highest BCUT2D eigenvalue weighted by Crippen LogP contribution is 2.19. The Hall–Kier alpha value is -1.79. The summed E-state index contributed by atoms with van der Waals surface area (Å²) in [5.74, 6) is 0.0275. The zero-order valence-electron chi connectivity index (χ0n) is 14.0. The van der Waals surface area contributed by atoms with Crippen LogP contribution in [0.3, 0.4) is 0 Å². The van der Waals surface area contributed by atoms with Crippen LogP contribution in [0.4, 0.5) is 0 Å². The third kappa shape index (κ3) is 4.39. The predicted octanol–water partition coefficient (Wildman–Crippen LogP) is 3.31. The first-order valence-electron chi connectivity index (χ1n) is 8.51. The second kappa shape index (κ2) is 8.35. The molecule has 128 valence electrons. The maximum absolute atomic E-state index is 12.6. The molecule has 2 aromatic rings. The van der Waals surface area contributed by atoms with E-state index < -0.39 is 0 Å². The molecule has 6 heteroatoms. The number of aromatic nitrogens is 2. The second-order valence-corrected chi connectivity index (χ2v) is 6.97. The Kier molecular flexibility index (Phi) is 5.93. The van der Waals surface area contributed by atoms with Gasteiger partial charge >= 0.3 is 0 Å². The van der Waals surface area contributed by atoms with Crippen LogP contribution in [0, 0.1) is 0 Å². The van der Waals surface area contributed by atoms with Gasteiger partial charge in [0.2, 0.25) is 0 Å². The first-order valence-corrected chi connectivity index (χ1v) is 9.39. The van der Waals surface area contributed by atoms with Crippen LogP contribution >= 0.6 is 11.3 Å². The summed E-state index contributed by atoms with van der Waals surface area (Å²) in [6, 6.07) is 5.81. The van der Waals surface area contributed by atoms with Crippen LogP contribution < -0.4 is 0 Å². The zero-order chi connectivity index (χ0) is 16.8. The minimum Gasteiger partial charge on any atom is -0.370 e. The molecule has 1 aliphatic rings. The normalized spacial score (nSPS) is 17.9. The summed E-state index contributed by atoms with van der Waals surface area (Å²) in [7, 11) is 0. The molecule has 1 atom stereocenters. The number of carbonyl (C=O) groups excluding carboxylic acids is 1. The summed E-state index contributed by atoms with van der Waals surface area (Å²) in [4.78, 5) is 23.3. The van der Waals surface area contributed by atoms with Crippen molar-refractivity contribution in [2.45, 2.75) is 45.3 Å². The van der Waals surface area contributed by atoms with Gasteiger partial charge in [0.25, 0.3) is 5.91 Å². The molecule has 3 rings (SSSR count). The third-order valence-corrected chi connectivity index (χ3v) is 5.00. The summed E-state index contributed by atoms with van der Waals surface area (Å²) in [6.07, 6.45) is 5.77. The van der Waals surface area contributed by atoms with Gasteiger partial charge in [-0.15, -0.1) is 11.3 Å². The molecule has 1 amide bonds. The van der Waals surface area contributed by atoms with E-state index >= 15 is 0 Å². The molecule has 3 heterocycles. The number of amides is 1.